The Morgan fingerprint density at radius 2 is 1.90 bits per heavy atom. The molecule has 1 atom stereocenters. The standard InChI is InChI=1S/C24H35N5S/c1-8-11-18(5)23(28-13-12-17(4)9-2)24(27)29-16-19(6)21(15-26)22(10-3)30-20(7)14-25/h8-13,15-16,19,27H,2,7,14,25-26H2,1,3-6H3/b11-8-,17-12+,21-15-,22-10+,23-18+,27-24?,28-13-,29-16-. The van der Waals surface area contributed by atoms with E-state index in [1.54, 1.807) is 24.7 Å². The number of hydrogen-bond acceptors (Lipinski definition) is 5. The Morgan fingerprint density at radius 1 is 1.23 bits per heavy atom. The Balaban J connectivity index is 5.73. The minimum Gasteiger partial charge on any atom is -0.404 e. The lowest BCUT2D eigenvalue weighted by Crippen LogP contribution is -2.08. The fraction of sp³-hybridized carbons (Fsp3) is 0.292. The van der Waals surface area contributed by atoms with Crippen molar-refractivity contribution in [3.8, 4) is 0 Å². The van der Waals surface area contributed by atoms with Crippen LogP contribution in [0.4, 0.5) is 0 Å². The number of nitrogens with zero attached hydrogens (tertiary/aromatic N) is 2. The number of nitrogens with one attached hydrogen (secondary N) is 1. The zero-order valence-electron chi connectivity index (χ0n) is 18.8. The summed E-state index contributed by atoms with van der Waals surface area (Å²) in [5, 5.41) is 8.43. The molecule has 0 aliphatic heterocycles. The Kier molecular flexibility index (Phi) is 13.8. The molecule has 0 aliphatic rings. The van der Waals surface area contributed by atoms with Crippen LogP contribution in [0.3, 0.4) is 0 Å². The van der Waals surface area contributed by atoms with E-state index in [4.69, 9.17) is 16.9 Å². The van der Waals surface area contributed by atoms with Crippen LogP contribution >= 0.6 is 11.8 Å². The first-order valence-electron chi connectivity index (χ1n) is 9.69. The Hall–Kier alpha value is -2.70. The number of aliphatic imine (C=N–C) groups is 2. The number of allylic oxidation sites excluding steroid dienone is 8. The minimum atomic E-state index is -0.102. The molecule has 30 heavy (non-hydrogen) atoms. The van der Waals surface area contributed by atoms with E-state index in [0.717, 1.165) is 26.5 Å². The largest absolute Gasteiger partial charge is 0.404 e. The van der Waals surface area contributed by atoms with Gasteiger partial charge in [-0.25, -0.2) is 4.99 Å². The Morgan fingerprint density at radius 3 is 2.40 bits per heavy atom. The number of amidine groups is 1. The van der Waals surface area contributed by atoms with Gasteiger partial charge in [-0.3, -0.25) is 10.4 Å². The third kappa shape index (κ3) is 9.67. The molecule has 5 nitrogen and oxygen atoms in total. The monoisotopic (exact) mass is 425 g/mol. The molecule has 0 bridgehead atoms. The first-order valence-corrected chi connectivity index (χ1v) is 10.5. The molecule has 0 amide bonds. The lowest BCUT2D eigenvalue weighted by atomic mass is 10.0. The van der Waals surface area contributed by atoms with Crippen molar-refractivity contribution in [2.24, 2.45) is 27.4 Å². The third-order valence-electron chi connectivity index (χ3n) is 4.00. The minimum absolute atomic E-state index is 0.0794. The molecule has 0 aliphatic carbocycles. The smallest absolute Gasteiger partial charge is 0.170 e. The van der Waals surface area contributed by atoms with Crippen molar-refractivity contribution >= 4 is 30.0 Å². The lowest BCUT2D eigenvalue weighted by Gasteiger charge is -2.15. The average Bonchev–Trinajstić information content (AvgIpc) is 2.74. The van der Waals surface area contributed by atoms with Gasteiger partial charge in [-0.05, 0) is 56.0 Å². The van der Waals surface area contributed by atoms with Crippen LogP contribution in [0.25, 0.3) is 0 Å². The SMILES string of the molecule is C=C/C(C)=C/C=N\C(C(=N)/N=C\C(C)C(=C/N)/C(=C\C)SC(=C)CN)=C(C)\C=C/C. The molecule has 0 spiro atoms. The van der Waals surface area contributed by atoms with E-state index in [-0.39, 0.29) is 11.8 Å². The lowest BCUT2D eigenvalue weighted by molar-refractivity contribution is 0.957. The van der Waals surface area contributed by atoms with Crippen LogP contribution in [-0.2, 0) is 0 Å². The van der Waals surface area contributed by atoms with Crippen molar-refractivity contribution in [2.75, 3.05) is 6.54 Å². The van der Waals surface area contributed by atoms with Crippen LogP contribution in [0.15, 0.2) is 91.9 Å². The Labute approximate surface area is 186 Å². The van der Waals surface area contributed by atoms with E-state index in [0.29, 0.717) is 12.2 Å². The third-order valence-corrected chi connectivity index (χ3v) is 5.15. The van der Waals surface area contributed by atoms with Crippen molar-refractivity contribution in [3.63, 3.8) is 0 Å². The summed E-state index contributed by atoms with van der Waals surface area (Å²) in [4.78, 5) is 10.6. The van der Waals surface area contributed by atoms with Crippen molar-refractivity contribution in [3.05, 3.63) is 82.0 Å². The summed E-state index contributed by atoms with van der Waals surface area (Å²) in [6.45, 7) is 17.7. The zero-order valence-corrected chi connectivity index (χ0v) is 19.6. The quantitative estimate of drug-likeness (QED) is 0.226. The van der Waals surface area contributed by atoms with E-state index in [2.05, 4.69) is 23.1 Å². The number of thioether (sulfide) groups is 1. The van der Waals surface area contributed by atoms with Crippen LogP contribution in [0.1, 0.15) is 34.6 Å². The van der Waals surface area contributed by atoms with E-state index >= 15 is 0 Å². The van der Waals surface area contributed by atoms with Gasteiger partial charge in [-0.15, -0.1) is 0 Å². The topological polar surface area (TPSA) is 101 Å². The highest BCUT2D eigenvalue weighted by molar-refractivity contribution is 8.07. The first kappa shape index (κ1) is 27.3. The van der Waals surface area contributed by atoms with Gasteiger partial charge >= 0.3 is 0 Å². The molecule has 6 heteroatoms. The van der Waals surface area contributed by atoms with Crippen molar-refractivity contribution < 1.29 is 0 Å². The van der Waals surface area contributed by atoms with Gasteiger partial charge < -0.3 is 11.5 Å². The fourth-order valence-electron chi connectivity index (χ4n) is 2.24. The van der Waals surface area contributed by atoms with E-state index in [9.17, 15) is 0 Å². The summed E-state index contributed by atoms with van der Waals surface area (Å²) < 4.78 is 0. The van der Waals surface area contributed by atoms with Crippen molar-refractivity contribution in [1.29, 1.82) is 5.41 Å². The van der Waals surface area contributed by atoms with E-state index in [1.165, 1.54) is 11.8 Å². The summed E-state index contributed by atoms with van der Waals surface area (Å²) in [5.74, 6) is -0.0226. The molecular weight excluding hydrogens is 390 g/mol. The summed E-state index contributed by atoms with van der Waals surface area (Å²) >= 11 is 1.50. The molecule has 0 aromatic heterocycles. The van der Waals surface area contributed by atoms with Gasteiger partial charge in [0.1, 0.15) is 5.70 Å². The molecule has 0 heterocycles. The molecule has 0 rings (SSSR count). The van der Waals surface area contributed by atoms with Gasteiger partial charge in [0, 0.05) is 29.8 Å². The van der Waals surface area contributed by atoms with Gasteiger partial charge in [0.15, 0.2) is 5.84 Å². The highest BCUT2D eigenvalue weighted by Crippen LogP contribution is 2.32. The maximum Gasteiger partial charge on any atom is 0.170 e. The molecule has 0 fully saturated rings. The van der Waals surface area contributed by atoms with E-state index in [1.807, 2.05) is 58.9 Å². The molecule has 1 unspecified atom stereocenters. The van der Waals surface area contributed by atoms with Crippen LogP contribution in [0.5, 0.6) is 0 Å². The summed E-state index contributed by atoms with van der Waals surface area (Å²) in [7, 11) is 0. The van der Waals surface area contributed by atoms with Crippen LogP contribution < -0.4 is 11.5 Å². The molecule has 0 aromatic carbocycles. The maximum absolute atomic E-state index is 8.43. The predicted molar refractivity (Wildman–Crippen MR) is 137 cm³/mol. The van der Waals surface area contributed by atoms with Crippen LogP contribution in [-0.4, -0.2) is 24.8 Å². The van der Waals surface area contributed by atoms with Gasteiger partial charge in [-0.2, -0.15) is 0 Å². The number of hydrogen-bond donors (Lipinski definition) is 3. The Bertz CT molecular complexity index is 836. The summed E-state index contributed by atoms with van der Waals surface area (Å²) in [5.41, 5.74) is 14.8. The molecule has 162 valence electrons. The predicted octanol–water partition coefficient (Wildman–Crippen LogP) is 5.68. The fourth-order valence-corrected chi connectivity index (χ4v) is 3.13. The first-order chi connectivity index (χ1) is 14.2. The van der Waals surface area contributed by atoms with Crippen LogP contribution in [0.2, 0.25) is 0 Å². The summed E-state index contributed by atoms with van der Waals surface area (Å²) in [6.07, 6.45) is 14.3. The van der Waals surface area contributed by atoms with Gasteiger partial charge in [0.05, 0.1) is 0 Å². The second kappa shape index (κ2) is 15.2. The highest BCUT2D eigenvalue weighted by atomic mass is 32.2. The average molecular weight is 426 g/mol. The number of nitrogens with two attached hydrogens (primary N) is 2. The van der Waals surface area contributed by atoms with Crippen molar-refractivity contribution in [1.82, 2.24) is 0 Å². The molecular formula is C24H35N5S. The molecule has 0 aromatic rings. The molecule has 0 radical (unpaired) electrons. The van der Waals surface area contributed by atoms with Gasteiger partial charge in [-0.1, -0.05) is 61.7 Å². The normalized spacial score (nSPS) is 15.7. The number of rotatable bonds is 11. The second-order valence-electron chi connectivity index (χ2n) is 6.46. The molecule has 0 saturated heterocycles. The van der Waals surface area contributed by atoms with Crippen molar-refractivity contribution in [2.45, 2.75) is 34.6 Å². The highest BCUT2D eigenvalue weighted by Gasteiger charge is 2.13. The zero-order chi connectivity index (χ0) is 23.1. The molecule has 0 saturated carbocycles. The van der Waals surface area contributed by atoms with Gasteiger partial charge in [0.25, 0.3) is 0 Å². The van der Waals surface area contributed by atoms with E-state index < -0.39 is 0 Å². The van der Waals surface area contributed by atoms with Crippen LogP contribution in [0, 0.1) is 11.3 Å². The summed E-state index contributed by atoms with van der Waals surface area (Å²) in [6, 6.07) is 0. The second-order valence-corrected chi connectivity index (χ2v) is 7.68. The maximum atomic E-state index is 8.43. The van der Waals surface area contributed by atoms with Gasteiger partial charge in [0.2, 0.25) is 0 Å². The molecule has 5 N–H and O–H groups in total.